The molecule has 1 saturated heterocycles. The number of benzene rings is 1. The lowest BCUT2D eigenvalue weighted by atomic mass is 10.2. The van der Waals surface area contributed by atoms with Crippen LogP contribution in [0.1, 0.15) is 24.8 Å². The van der Waals surface area contributed by atoms with Crippen LogP contribution in [-0.2, 0) is 11.3 Å². The second kappa shape index (κ2) is 9.41. The molecule has 1 fully saturated rings. The van der Waals surface area contributed by atoms with Crippen molar-refractivity contribution in [2.75, 3.05) is 37.1 Å². The summed E-state index contributed by atoms with van der Waals surface area (Å²) in [7, 11) is 0. The lowest BCUT2D eigenvalue weighted by molar-refractivity contribution is -0.127. The van der Waals surface area contributed by atoms with E-state index in [9.17, 15) is 4.79 Å². The van der Waals surface area contributed by atoms with Gasteiger partial charge in [-0.05, 0) is 42.0 Å². The third kappa shape index (κ3) is 4.46. The maximum atomic E-state index is 11.9. The Kier molecular flexibility index (Phi) is 5.83. The summed E-state index contributed by atoms with van der Waals surface area (Å²) in [6.45, 7) is 3.07. The number of imidazole rings is 1. The smallest absolute Gasteiger partial charge is 0.231 e. The number of fused-ring (bicyclic) bond motifs is 2. The van der Waals surface area contributed by atoms with Gasteiger partial charge >= 0.3 is 0 Å². The first-order chi connectivity index (χ1) is 17.2. The number of nitrogens with zero attached hydrogens (tertiary/aromatic N) is 5. The molecule has 2 aliphatic rings. The van der Waals surface area contributed by atoms with Crippen molar-refractivity contribution >= 4 is 40.2 Å². The number of rotatable bonds is 9. The van der Waals surface area contributed by atoms with Gasteiger partial charge in [0.25, 0.3) is 0 Å². The third-order valence-electron chi connectivity index (χ3n) is 6.14. The van der Waals surface area contributed by atoms with E-state index in [-0.39, 0.29) is 12.7 Å². The average molecular weight is 492 g/mol. The average Bonchev–Trinajstić information content (AvgIpc) is 3.67. The van der Waals surface area contributed by atoms with Crippen LogP contribution in [0, 0.1) is 0 Å². The summed E-state index contributed by atoms with van der Waals surface area (Å²) < 4.78 is 12.9. The molecule has 0 unspecified atom stereocenters. The fourth-order valence-corrected chi connectivity index (χ4v) is 4.96. The van der Waals surface area contributed by atoms with Crippen LogP contribution in [0.4, 0.5) is 11.8 Å². The highest BCUT2D eigenvalue weighted by molar-refractivity contribution is 7.08. The van der Waals surface area contributed by atoms with E-state index in [4.69, 9.17) is 19.4 Å². The van der Waals surface area contributed by atoms with Crippen molar-refractivity contribution in [1.29, 1.82) is 0 Å². The van der Waals surface area contributed by atoms with Crippen molar-refractivity contribution in [3.8, 4) is 17.2 Å². The van der Waals surface area contributed by atoms with Crippen LogP contribution < -0.4 is 20.1 Å². The third-order valence-corrected chi connectivity index (χ3v) is 6.81. The van der Waals surface area contributed by atoms with Gasteiger partial charge in [-0.15, -0.1) is 0 Å². The molecule has 35 heavy (non-hydrogen) atoms. The topological polar surface area (TPSA) is 106 Å². The van der Waals surface area contributed by atoms with Crippen LogP contribution in [0.25, 0.3) is 16.9 Å². The standard InChI is InChI=1S/C24H25N7O3S/c32-20-3-1-8-30(20)9-2-7-25-22-21-23(31(14-27-21)17-6-10-35-13-17)29-24(28-22)26-12-16-4-5-18-19(11-16)34-15-33-18/h4-6,10-11,13-14H,1-3,7-9,12,15H2,(H2,25,26,28,29). The van der Waals surface area contributed by atoms with E-state index in [1.807, 2.05) is 39.1 Å². The van der Waals surface area contributed by atoms with Crippen molar-refractivity contribution < 1.29 is 14.3 Å². The Hall–Kier alpha value is -3.86. The van der Waals surface area contributed by atoms with Gasteiger partial charge in [-0.1, -0.05) is 6.07 Å². The number of aromatic nitrogens is 4. The summed E-state index contributed by atoms with van der Waals surface area (Å²) in [5.41, 5.74) is 3.48. The van der Waals surface area contributed by atoms with Gasteiger partial charge < -0.3 is 25.0 Å². The quantitative estimate of drug-likeness (QED) is 0.342. The monoisotopic (exact) mass is 491 g/mol. The Balaban J connectivity index is 1.22. The summed E-state index contributed by atoms with van der Waals surface area (Å²) in [6, 6.07) is 7.90. The molecule has 180 valence electrons. The largest absolute Gasteiger partial charge is 0.454 e. The summed E-state index contributed by atoms with van der Waals surface area (Å²) in [6.07, 6.45) is 4.23. The Bertz CT molecular complexity index is 1350. The van der Waals surface area contributed by atoms with E-state index in [1.54, 1.807) is 17.7 Å². The van der Waals surface area contributed by atoms with Gasteiger partial charge in [-0.2, -0.15) is 21.3 Å². The van der Waals surface area contributed by atoms with Crippen molar-refractivity contribution in [3.63, 3.8) is 0 Å². The molecule has 0 aliphatic carbocycles. The SMILES string of the molecule is O=C1CCCN1CCCNc1nc(NCc2ccc3c(c2)OCO3)nc2c1ncn2-c1ccsc1. The Morgan fingerprint density at radius 3 is 2.91 bits per heavy atom. The summed E-state index contributed by atoms with van der Waals surface area (Å²) in [5.74, 6) is 2.93. The first-order valence-corrected chi connectivity index (χ1v) is 12.6. The van der Waals surface area contributed by atoms with Crippen molar-refractivity contribution in [3.05, 3.63) is 46.9 Å². The van der Waals surface area contributed by atoms with Gasteiger partial charge in [0.05, 0.1) is 5.69 Å². The minimum absolute atomic E-state index is 0.249. The maximum absolute atomic E-state index is 11.9. The first-order valence-electron chi connectivity index (χ1n) is 11.7. The number of carbonyl (C=O) groups is 1. The van der Waals surface area contributed by atoms with Crippen LogP contribution in [0.3, 0.4) is 0 Å². The van der Waals surface area contributed by atoms with Crippen LogP contribution in [0.2, 0.25) is 0 Å². The molecular weight excluding hydrogens is 466 g/mol. The van der Waals surface area contributed by atoms with E-state index in [1.165, 1.54) is 0 Å². The van der Waals surface area contributed by atoms with Crippen molar-refractivity contribution in [1.82, 2.24) is 24.4 Å². The zero-order chi connectivity index (χ0) is 23.6. The zero-order valence-electron chi connectivity index (χ0n) is 19.1. The van der Waals surface area contributed by atoms with E-state index in [0.717, 1.165) is 54.3 Å². The van der Waals surface area contributed by atoms with Crippen molar-refractivity contribution in [2.24, 2.45) is 0 Å². The Morgan fingerprint density at radius 1 is 1.11 bits per heavy atom. The van der Waals surface area contributed by atoms with E-state index in [0.29, 0.717) is 36.8 Å². The minimum Gasteiger partial charge on any atom is -0.454 e. The van der Waals surface area contributed by atoms with E-state index < -0.39 is 0 Å². The molecule has 4 aromatic rings. The molecule has 1 aromatic carbocycles. The molecule has 2 aliphatic heterocycles. The highest BCUT2D eigenvalue weighted by Gasteiger charge is 2.20. The second-order valence-electron chi connectivity index (χ2n) is 8.47. The molecule has 1 amide bonds. The first kappa shape index (κ1) is 21.7. The lowest BCUT2D eigenvalue weighted by Crippen LogP contribution is -2.27. The predicted molar refractivity (Wildman–Crippen MR) is 133 cm³/mol. The number of ether oxygens (including phenoxy) is 2. The number of nitrogens with one attached hydrogen (secondary N) is 2. The number of amides is 1. The summed E-state index contributed by atoms with van der Waals surface area (Å²) >= 11 is 1.62. The molecule has 3 aromatic heterocycles. The molecule has 5 heterocycles. The molecule has 0 atom stereocenters. The number of thiophene rings is 1. The Morgan fingerprint density at radius 2 is 2.06 bits per heavy atom. The number of hydrogen-bond acceptors (Lipinski definition) is 9. The normalized spacial score (nSPS) is 14.7. The number of likely N-dealkylation sites (tertiary alicyclic amines) is 1. The zero-order valence-corrected chi connectivity index (χ0v) is 19.9. The molecule has 0 saturated carbocycles. The number of carbonyl (C=O) groups excluding carboxylic acids is 1. The number of hydrogen-bond donors (Lipinski definition) is 2. The summed E-state index contributed by atoms with van der Waals surface area (Å²) in [5, 5.41) is 10.8. The van der Waals surface area contributed by atoms with E-state index >= 15 is 0 Å². The molecular formula is C24H25N7O3S. The lowest BCUT2D eigenvalue weighted by Gasteiger charge is -2.15. The van der Waals surface area contributed by atoms with Crippen LogP contribution in [-0.4, -0.2) is 56.8 Å². The van der Waals surface area contributed by atoms with Crippen molar-refractivity contribution in [2.45, 2.75) is 25.8 Å². The second-order valence-corrected chi connectivity index (χ2v) is 9.25. The highest BCUT2D eigenvalue weighted by Crippen LogP contribution is 2.32. The van der Waals surface area contributed by atoms with E-state index in [2.05, 4.69) is 21.0 Å². The summed E-state index contributed by atoms with van der Waals surface area (Å²) in [4.78, 5) is 27.9. The van der Waals surface area contributed by atoms with Gasteiger partial charge in [-0.3, -0.25) is 9.36 Å². The maximum Gasteiger partial charge on any atom is 0.231 e. The fourth-order valence-electron chi connectivity index (χ4n) is 4.33. The fraction of sp³-hybridized carbons (Fsp3) is 0.333. The molecule has 11 heteroatoms. The highest BCUT2D eigenvalue weighted by atomic mass is 32.1. The van der Waals surface area contributed by atoms with Gasteiger partial charge in [-0.25, -0.2) is 4.98 Å². The van der Waals surface area contributed by atoms with Crippen LogP contribution in [0.5, 0.6) is 11.5 Å². The predicted octanol–water partition coefficient (Wildman–Crippen LogP) is 3.64. The number of anilines is 2. The van der Waals surface area contributed by atoms with Gasteiger partial charge in [0.15, 0.2) is 28.5 Å². The van der Waals surface area contributed by atoms with Gasteiger partial charge in [0.2, 0.25) is 18.6 Å². The van der Waals surface area contributed by atoms with Gasteiger partial charge in [0, 0.05) is 38.0 Å². The molecule has 0 radical (unpaired) electrons. The molecule has 0 spiro atoms. The molecule has 6 rings (SSSR count). The van der Waals surface area contributed by atoms with Gasteiger partial charge in [0.1, 0.15) is 6.33 Å². The molecule has 0 bridgehead atoms. The van der Waals surface area contributed by atoms with Crippen LogP contribution in [0.15, 0.2) is 41.4 Å². The van der Waals surface area contributed by atoms with Crippen LogP contribution >= 0.6 is 11.3 Å². The molecule has 2 N–H and O–H groups in total. The Labute approximate surface area is 205 Å². The molecule has 10 nitrogen and oxygen atoms in total. The minimum atomic E-state index is 0.249.